The molecule has 82 valence electrons. The number of hydrogen-bond acceptors (Lipinski definition) is 3. The van der Waals surface area contributed by atoms with Gasteiger partial charge in [-0.2, -0.15) is 0 Å². The zero-order valence-electron chi connectivity index (χ0n) is 7.79. The Kier molecular flexibility index (Phi) is 19.8. The molecule has 0 saturated carbocycles. The van der Waals surface area contributed by atoms with E-state index in [2.05, 4.69) is 5.32 Å². The molecular weight excluding hydrogens is 194 g/mol. The molecule has 5 nitrogen and oxygen atoms in total. The first-order valence-electron chi connectivity index (χ1n) is 3.94. The fraction of sp³-hybridized carbons (Fsp3) is 0.857. The first kappa shape index (κ1) is 18.3. The number of unbranched alkanes of at least 4 members (excludes halogenated alkanes) is 3. The Morgan fingerprint density at radius 2 is 1.77 bits per heavy atom. The molecule has 0 aromatic rings. The summed E-state index contributed by atoms with van der Waals surface area (Å²) < 4.78 is 0. The molecule has 0 atom stereocenters. The number of nitrogens with one attached hydrogen (secondary N) is 1. The van der Waals surface area contributed by atoms with E-state index >= 15 is 0 Å². The van der Waals surface area contributed by atoms with Gasteiger partial charge in [-0.15, -0.1) is 12.4 Å². The van der Waals surface area contributed by atoms with Gasteiger partial charge >= 0.3 is 6.09 Å². The van der Waals surface area contributed by atoms with Gasteiger partial charge in [-0.1, -0.05) is 12.8 Å². The Morgan fingerprint density at radius 1 is 1.23 bits per heavy atom. The van der Waals surface area contributed by atoms with Crippen molar-refractivity contribution in [2.24, 2.45) is 5.73 Å². The van der Waals surface area contributed by atoms with Crippen LogP contribution >= 0.6 is 12.4 Å². The second kappa shape index (κ2) is 14.0. The molecule has 0 aliphatic rings. The monoisotopic (exact) mass is 213 g/mol. The Bertz CT molecular complexity index is 114. The van der Waals surface area contributed by atoms with Crippen LogP contribution in [0.4, 0.5) is 4.79 Å². The van der Waals surface area contributed by atoms with Crippen molar-refractivity contribution in [3.63, 3.8) is 0 Å². The van der Waals surface area contributed by atoms with E-state index in [0.29, 0.717) is 6.54 Å². The van der Waals surface area contributed by atoms with Gasteiger partial charge in [0, 0.05) is 6.54 Å². The van der Waals surface area contributed by atoms with E-state index in [9.17, 15) is 4.79 Å². The van der Waals surface area contributed by atoms with Gasteiger partial charge in [-0.25, -0.2) is 4.79 Å². The molecule has 13 heavy (non-hydrogen) atoms. The van der Waals surface area contributed by atoms with Crippen LogP contribution in [0.5, 0.6) is 0 Å². The normalized spacial score (nSPS) is 8.08. The van der Waals surface area contributed by atoms with Gasteiger partial charge in [-0.05, 0) is 19.4 Å². The summed E-state index contributed by atoms with van der Waals surface area (Å²) >= 11 is 0. The number of carboxylic acid groups (broad SMARTS) is 1. The van der Waals surface area contributed by atoms with Crippen LogP contribution in [0.2, 0.25) is 0 Å². The Hall–Kier alpha value is -0.520. The van der Waals surface area contributed by atoms with Gasteiger partial charge in [0.15, 0.2) is 0 Å². The zero-order chi connectivity index (χ0) is 8.53. The largest absolute Gasteiger partial charge is 0.465 e. The summed E-state index contributed by atoms with van der Waals surface area (Å²) in [5.41, 5.74) is 5.28. The topological polar surface area (TPSA) is 110 Å². The highest BCUT2D eigenvalue weighted by Gasteiger charge is 1.92. The van der Waals surface area contributed by atoms with Crippen molar-refractivity contribution in [2.75, 3.05) is 13.1 Å². The average Bonchev–Trinajstić information content (AvgIpc) is 1.96. The molecule has 0 bridgehead atoms. The predicted molar refractivity (Wildman–Crippen MR) is 55.8 cm³/mol. The van der Waals surface area contributed by atoms with E-state index in [0.717, 1.165) is 32.2 Å². The van der Waals surface area contributed by atoms with Crippen molar-refractivity contribution in [2.45, 2.75) is 25.7 Å². The molecule has 0 radical (unpaired) electrons. The Balaban J connectivity index is -0.000000500. The minimum absolute atomic E-state index is 0. The molecule has 0 aromatic heterocycles. The van der Waals surface area contributed by atoms with Crippen LogP contribution < -0.4 is 17.2 Å². The number of hydrogen-bond donors (Lipinski definition) is 4. The first-order valence-corrected chi connectivity index (χ1v) is 3.94. The quantitative estimate of drug-likeness (QED) is 0.499. The van der Waals surface area contributed by atoms with E-state index in [1.165, 1.54) is 0 Å². The van der Waals surface area contributed by atoms with Crippen molar-refractivity contribution in [1.29, 1.82) is 0 Å². The van der Waals surface area contributed by atoms with E-state index in [1.807, 2.05) is 0 Å². The van der Waals surface area contributed by atoms with Crippen LogP contribution in [0.1, 0.15) is 25.7 Å². The van der Waals surface area contributed by atoms with Gasteiger partial charge in [0.05, 0.1) is 0 Å². The van der Waals surface area contributed by atoms with Gasteiger partial charge < -0.3 is 22.3 Å². The predicted octanol–water partition coefficient (Wildman–Crippen LogP) is 1.36. The summed E-state index contributed by atoms with van der Waals surface area (Å²) in [5.74, 6) is 0. The molecule has 0 aliphatic carbocycles. The summed E-state index contributed by atoms with van der Waals surface area (Å²) in [6.07, 6.45) is 3.15. The van der Waals surface area contributed by atoms with Crippen LogP contribution in [-0.2, 0) is 0 Å². The van der Waals surface area contributed by atoms with E-state index in [1.54, 1.807) is 0 Å². The summed E-state index contributed by atoms with van der Waals surface area (Å²) in [6, 6.07) is 0. The van der Waals surface area contributed by atoms with Crippen molar-refractivity contribution in [3.8, 4) is 0 Å². The molecule has 7 N–H and O–H groups in total. The third kappa shape index (κ3) is 18.4. The highest BCUT2D eigenvalue weighted by Crippen LogP contribution is 1.96. The highest BCUT2D eigenvalue weighted by atomic mass is 35.5. The third-order valence-corrected chi connectivity index (χ3v) is 1.41. The standard InChI is InChI=1S/C7H16N2O2.ClH.H3N/c8-5-3-1-2-4-6-9-7(10)11;;/h9H,1-6,8H2,(H,10,11);1H;1H3. The third-order valence-electron chi connectivity index (χ3n) is 1.41. The molecule has 0 aliphatic heterocycles. The van der Waals surface area contributed by atoms with Crippen molar-refractivity contribution in [1.82, 2.24) is 11.5 Å². The number of halogens is 1. The number of amides is 1. The maximum Gasteiger partial charge on any atom is 0.404 e. The van der Waals surface area contributed by atoms with E-state index < -0.39 is 6.09 Å². The van der Waals surface area contributed by atoms with Gasteiger partial charge in [0.2, 0.25) is 0 Å². The molecule has 0 heterocycles. The SMILES string of the molecule is Cl.N.NCCCCCCNC(=O)O. The molecule has 0 rings (SSSR count). The fourth-order valence-corrected chi connectivity index (χ4v) is 0.818. The fourth-order valence-electron chi connectivity index (χ4n) is 0.818. The molecule has 0 aromatic carbocycles. The number of rotatable bonds is 6. The van der Waals surface area contributed by atoms with Crippen LogP contribution in [0.15, 0.2) is 0 Å². The molecule has 0 spiro atoms. The second-order valence-corrected chi connectivity index (χ2v) is 2.43. The summed E-state index contributed by atoms with van der Waals surface area (Å²) in [4.78, 5) is 9.96. The molecule has 1 amide bonds. The second-order valence-electron chi connectivity index (χ2n) is 2.43. The van der Waals surface area contributed by atoms with E-state index in [-0.39, 0.29) is 18.6 Å². The van der Waals surface area contributed by atoms with Crippen LogP contribution in [0.25, 0.3) is 0 Å². The Morgan fingerprint density at radius 3 is 2.23 bits per heavy atom. The first-order chi connectivity index (χ1) is 5.27. The van der Waals surface area contributed by atoms with Crippen molar-refractivity contribution < 1.29 is 9.90 Å². The zero-order valence-corrected chi connectivity index (χ0v) is 8.61. The summed E-state index contributed by atoms with van der Waals surface area (Å²) in [6.45, 7) is 1.28. The maximum atomic E-state index is 9.96. The highest BCUT2D eigenvalue weighted by molar-refractivity contribution is 5.85. The lowest BCUT2D eigenvalue weighted by atomic mass is 10.2. The molecular formula is C7H20ClN3O2. The molecule has 0 fully saturated rings. The number of nitrogens with two attached hydrogens (primary N) is 1. The lowest BCUT2D eigenvalue weighted by Gasteiger charge is -1.99. The average molecular weight is 214 g/mol. The molecule has 0 unspecified atom stereocenters. The molecule has 0 saturated heterocycles. The molecule has 6 heteroatoms. The summed E-state index contributed by atoms with van der Waals surface area (Å²) in [7, 11) is 0. The van der Waals surface area contributed by atoms with Crippen LogP contribution in [0, 0.1) is 0 Å². The summed E-state index contributed by atoms with van der Waals surface area (Å²) in [5, 5.41) is 10.5. The van der Waals surface area contributed by atoms with Crippen LogP contribution in [0.3, 0.4) is 0 Å². The van der Waals surface area contributed by atoms with Crippen molar-refractivity contribution in [3.05, 3.63) is 0 Å². The maximum absolute atomic E-state index is 9.96. The minimum Gasteiger partial charge on any atom is -0.465 e. The lowest BCUT2D eigenvalue weighted by molar-refractivity contribution is 0.194. The minimum atomic E-state index is -0.941. The Labute approximate surface area is 85.1 Å². The lowest BCUT2D eigenvalue weighted by Crippen LogP contribution is -2.21. The smallest absolute Gasteiger partial charge is 0.404 e. The number of carbonyl (C=O) groups is 1. The van der Waals surface area contributed by atoms with Gasteiger partial charge in [0.1, 0.15) is 0 Å². The van der Waals surface area contributed by atoms with Crippen LogP contribution in [-0.4, -0.2) is 24.3 Å². The van der Waals surface area contributed by atoms with Gasteiger partial charge in [-0.3, -0.25) is 0 Å². The van der Waals surface area contributed by atoms with Gasteiger partial charge in [0.25, 0.3) is 0 Å². The van der Waals surface area contributed by atoms with E-state index in [4.69, 9.17) is 10.8 Å². The van der Waals surface area contributed by atoms with Crippen molar-refractivity contribution >= 4 is 18.5 Å².